The van der Waals surface area contributed by atoms with Gasteiger partial charge in [-0.3, -0.25) is 0 Å². The van der Waals surface area contributed by atoms with Gasteiger partial charge in [0, 0.05) is 22.6 Å². The molecule has 0 fully saturated rings. The average Bonchev–Trinajstić information content (AvgIpc) is 3.07. The van der Waals surface area contributed by atoms with Crippen LogP contribution in [0.5, 0.6) is 0 Å². The van der Waals surface area contributed by atoms with E-state index in [1.54, 1.807) is 0 Å². The van der Waals surface area contributed by atoms with Crippen LogP contribution in [0, 0.1) is 11.3 Å². The maximum Gasteiger partial charge on any atom is 0.0984 e. The van der Waals surface area contributed by atoms with Gasteiger partial charge in [-0.25, -0.2) is 0 Å². The molecule has 0 amide bonds. The van der Waals surface area contributed by atoms with Crippen molar-refractivity contribution in [2.45, 2.75) is 10.9 Å². The van der Waals surface area contributed by atoms with E-state index in [1.165, 1.54) is 11.8 Å². The van der Waals surface area contributed by atoms with E-state index < -0.39 is 0 Å². The highest BCUT2D eigenvalue weighted by atomic mass is 32.2. The Bertz CT molecular complexity index is 1250. The molecule has 1 aliphatic rings. The predicted molar refractivity (Wildman–Crippen MR) is 114 cm³/mol. The summed E-state index contributed by atoms with van der Waals surface area (Å²) in [5, 5.41) is 12.7. The Morgan fingerprint density at radius 1 is 0.857 bits per heavy atom. The molecule has 2 N–H and O–H groups in total. The number of fused-ring (bicyclic) bond motifs is 3. The molecule has 4 aromatic rings. The van der Waals surface area contributed by atoms with Crippen LogP contribution in [0.25, 0.3) is 16.6 Å². The lowest BCUT2D eigenvalue weighted by Gasteiger charge is -2.25. The van der Waals surface area contributed by atoms with Crippen molar-refractivity contribution in [3.8, 4) is 11.8 Å². The van der Waals surface area contributed by atoms with Crippen LogP contribution in [0.15, 0.2) is 101 Å². The van der Waals surface area contributed by atoms with Gasteiger partial charge in [0.1, 0.15) is 0 Å². The minimum atomic E-state index is -0.169. The van der Waals surface area contributed by atoms with Gasteiger partial charge in [0.15, 0.2) is 0 Å². The summed E-state index contributed by atoms with van der Waals surface area (Å²) in [4.78, 5) is 0. The number of para-hydroxylation sites is 2. The summed E-state index contributed by atoms with van der Waals surface area (Å²) in [5.41, 5.74) is 11.5. The van der Waals surface area contributed by atoms with Crippen molar-refractivity contribution < 1.29 is 0 Å². The van der Waals surface area contributed by atoms with Crippen molar-refractivity contribution >= 4 is 22.7 Å². The molecule has 5 rings (SSSR count). The van der Waals surface area contributed by atoms with E-state index in [1.807, 2.05) is 36.4 Å². The maximum absolute atomic E-state index is 9.91. The molecule has 3 aromatic carbocycles. The summed E-state index contributed by atoms with van der Waals surface area (Å²) in [6.07, 6.45) is 0. The molecule has 0 spiro atoms. The van der Waals surface area contributed by atoms with Gasteiger partial charge in [0.2, 0.25) is 0 Å². The van der Waals surface area contributed by atoms with Gasteiger partial charge in [0.25, 0.3) is 0 Å². The van der Waals surface area contributed by atoms with E-state index >= 15 is 0 Å². The number of rotatable bonds is 2. The number of aromatic nitrogens is 1. The highest BCUT2D eigenvalue weighted by Crippen LogP contribution is 2.50. The minimum absolute atomic E-state index is 0.169. The van der Waals surface area contributed by atoms with E-state index in [0.29, 0.717) is 10.6 Å². The molecule has 3 nitrogen and oxygen atoms in total. The van der Waals surface area contributed by atoms with Gasteiger partial charge in [-0.1, -0.05) is 78.5 Å². The third kappa shape index (κ3) is 2.45. The van der Waals surface area contributed by atoms with Gasteiger partial charge in [-0.05, 0) is 23.8 Å². The van der Waals surface area contributed by atoms with E-state index in [-0.39, 0.29) is 5.92 Å². The van der Waals surface area contributed by atoms with Crippen LogP contribution in [0.3, 0.4) is 0 Å². The van der Waals surface area contributed by atoms with Crippen LogP contribution in [-0.2, 0) is 0 Å². The number of nitriles is 1. The Balaban J connectivity index is 1.89. The normalized spacial score (nSPS) is 16.0. The summed E-state index contributed by atoms with van der Waals surface area (Å²) >= 11 is 1.49. The number of thioether (sulfide) groups is 1. The molecular weight excluding hydrogens is 362 g/mol. The highest BCUT2D eigenvalue weighted by Gasteiger charge is 2.34. The number of hydrogen-bond donors (Lipinski definition) is 1. The highest BCUT2D eigenvalue weighted by molar-refractivity contribution is 8.03. The fraction of sp³-hybridized carbons (Fsp3) is 0.0417. The van der Waals surface area contributed by atoms with Gasteiger partial charge in [-0.2, -0.15) is 5.26 Å². The van der Waals surface area contributed by atoms with Crippen LogP contribution in [0.1, 0.15) is 17.0 Å². The summed E-state index contributed by atoms with van der Waals surface area (Å²) in [6.45, 7) is 0. The summed E-state index contributed by atoms with van der Waals surface area (Å²) < 4.78 is 2.26. The summed E-state index contributed by atoms with van der Waals surface area (Å²) in [6, 6.07) is 31.2. The van der Waals surface area contributed by atoms with E-state index in [2.05, 4.69) is 59.2 Å². The van der Waals surface area contributed by atoms with Crippen LogP contribution in [0.4, 0.5) is 0 Å². The summed E-state index contributed by atoms with van der Waals surface area (Å²) in [5.74, 6) is -0.169. The van der Waals surface area contributed by atoms with Crippen molar-refractivity contribution in [1.82, 2.24) is 4.57 Å². The molecular formula is C24H17N3S. The first kappa shape index (κ1) is 16.7. The lowest BCUT2D eigenvalue weighted by molar-refractivity contribution is 0.880. The molecule has 0 aliphatic carbocycles. The fourth-order valence-electron chi connectivity index (χ4n) is 4.00. The largest absolute Gasteiger partial charge is 0.392 e. The number of allylic oxidation sites excluding steroid dienone is 1. The first-order valence-corrected chi connectivity index (χ1v) is 9.92. The van der Waals surface area contributed by atoms with Crippen molar-refractivity contribution in [3.05, 3.63) is 107 Å². The number of benzene rings is 3. The smallest absolute Gasteiger partial charge is 0.0984 e. The molecule has 2 heterocycles. The third-order valence-electron chi connectivity index (χ3n) is 5.19. The second-order valence-corrected chi connectivity index (χ2v) is 7.77. The lowest BCUT2D eigenvalue weighted by Crippen LogP contribution is -2.15. The second kappa shape index (κ2) is 6.63. The molecule has 1 unspecified atom stereocenters. The van der Waals surface area contributed by atoms with Gasteiger partial charge < -0.3 is 10.3 Å². The topological polar surface area (TPSA) is 54.7 Å². The van der Waals surface area contributed by atoms with E-state index in [9.17, 15) is 5.26 Å². The molecule has 0 saturated heterocycles. The number of nitrogens with two attached hydrogens (primary N) is 1. The maximum atomic E-state index is 9.91. The lowest BCUT2D eigenvalue weighted by atomic mass is 9.85. The van der Waals surface area contributed by atoms with Crippen molar-refractivity contribution in [2.75, 3.05) is 0 Å². The van der Waals surface area contributed by atoms with Crippen LogP contribution < -0.4 is 5.73 Å². The Morgan fingerprint density at radius 3 is 2.21 bits per heavy atom. The molecule has 1 aromatic heterocycles. The Hall–Kier alpha value is -3.42. The van der Waals surface area contributed by atoms with Crippen molar-refractivity contribution in [3.63, 3.8) is 0 Å². The number of nitrogens with zero attached hydrogens (tertiary/aromatic N) is 2. The Kier molecular flexibility index (Phi) is 3.96. The number of hydrogen-bond acceptors (Lipinski definition) is 3. The Labute approximate surface area is 167 Å². The second-order valence-electron chi connectivity index (χ2n) is 6.74. The van der Waals surface area contributed by atoms with Crippen molar-refractivity contribution in [2.24, 2.45) is 5.73 Å². The van der Waals surface area contributed by atoms with Gasteiger partial charge in [-0.15, -0.1) is 0 Å². The van der Waals surface area contributed by atoms with Crippen LogP contribution in [0.2, 0.25) is 0 Å². The van der Waals surface area contributed by atoms with E-state index in [0.717, 1.165) is 32.7 Å². The fourth-order valence-corrected chi connectivity index (χ4v) is 5.11. The quantitative estimate of drug-likeness (QED) is 0.496. The van der Waals surface area contributed by atoms with Crippen molar-refractivity contribution in [1.29, 1.82) is 5.26 Å². The standard InChI is InChI=1S/C24H17N3S/c25-15-19-21(16-9-3-1-4-10-16)22-18-13-7-8-14-20(18)27(24(22)28-23(19)26)17-11-5-2-6-12-17/h1-14,21H,26H2. The molecule has 4 heteroatoms. The zero-order chi connectivity index (χ0) is 19.1. The molecule has 0 bridgehead atoms. The van der Waals surface area contributed by atoms with Gasteiger partial charge >= 0.3 is 0 Å². The minimum Gasteiger partial charge on any atom is -0.392 e. The third-order valence-corrected chi connectivity index (χ3v) is 6.22. The molecule has 28 heavy (non-hydrogen) atoms. The summed E-state index contributed by atoms with van der Waals surface area (Å²) in [7, 11) is 0. The SMILES string of the molecule is N#CC1=C(N)Sc2c(c3ccccc3n2-c2ccccc2)C1c1ccccc1. The molecule has 1 atom stereocenters. The van der Waals surface area contributed by atoms with Gasteiger partial charge in [0.05, 0.1) is 27.2 Å². The average molecular weight is 379 g/mol. The molecule has 134 valence electrons. The van der Waals surface area contributed by atoms with Crippen LogP contribution >= 0.6 is 11.8 Å². The zero-order valence-electron chi connectivity index (χ0n) is 15.0. The first-order valence-electron chi connectivity index (χ1n) is 9.11. The zero-order valence-corrected chi connectivity index (χ0v) is 15.9. The predicted octanol–water partition coefficient (Wildman–Crippen LogP) is 5.56. The molecule has 1 aliphatic heterocycles. The first-order chi connectivity index (χ1) is 13.8. The van der Waals surface area contributed by atoms with Crippen LogP contribution in [-0.4, -0.2) is 4.57 Å². The van der Waals surface area contributed by atoms with E-state index in [4.69, 9.17) is 5.73 Å². The molecule has 0 saturated carbocycles. The monoisotopic (exact) mass is 379 g/mol. The molecule has 0 radical (unpaired) electrons. The Morgan fingerprint density at radius 2 is 1.50 bits per heavy atom.